The van der Waals surface area contributed by atoms with Gasteiger partial charge in [-0.25, -0.2) is 0 Å². The van der Waals surface area contributed by atoms with Crippen LogP contribution in [0.1, 0.15) is 17.0 Å². The van der Waals surface area contributed by atoms with Crippen molar-refractivity contribution in [3.05, 3.63) is 62.4 Å². The predicted molar refractivity (Wildman–Crippen MR) is 112 cm³/mol. The van der Waals surface area contributed by atoms with Gasteiger partial charge in [-0.2, -0.15) is 15.3 Å². The molecule has 0 unspecified atom stereocenters. The topological polar surface area (TPSA) is 69.2 Å². The molecule has 0 saturated heterocycles. The predicted octanol–water partition coefficient (Wildman–Crippen LogP) is 4.50. The number of nitrogens with one attached hydrogen (secondary N) is 1. The average molecular weight is 434 g/mol. The van der Waals surface area contributed by atoms with Crippen LogP contribution in [0.2, 0.25) is 10.0 Å². The molecular weight excluding hydrogens is 417 g/mol. The molecule has 7 nitrogen and oxygen atoms in total. The largest absolute Gasteiger partial charge is 0.275 e. The van der Waals surface area contributed by atoms with E-state index in [0.29, 0.717) is 27.2 Å². The first kappa shape index (κ1) is 18.9. The molecule has 0 amide bonds. The Morgan fingerprint density at radius 3 is 2.64 bits per heavy atom. The molecule has 0 atom stereocenters. The van der Waals surface area contributed by atoms with Crippen LogP contribution in [0, 0.1) is 18.6 Å². The highest BCUT2D eigenvalue weighted by molar-refractivity contribution is 7.71. The number of halogens is 2. The molecule has 4 rings (SSSR count). The van der Waals surface area contributed by atoms with E-state index in [0.717, 1.165) is 28.2 Å². The molecule has 3 heterocycles. The minimum Gasteiger partial charge on any atom is -0.275 e. The van der Waals surface area contributed by atoms with Gasteiger partial charge in [0.25, 0.3) is 0 Å². The highest BCUT2D eigenvalue weighted by Gasteiger charge is 2.20. The minimum absolute atomic E-state index is 0.499. The lowest BCUT2D eigenvalue weighted by atomic mass is 10.2. The number of aromatic nitrogens is 7. The Balaban J connectivity index is 1.80. The lowest BCUT2D eigenvalue weighted by Gasteiger charge is -2.08. The molecule has 0 spiro atoms. The van der Waals surface area contributed by atoms with Crippen LogP contribution in [0.4, 0.5) is 0 Å². The van der Waals surface area contributed by atoms with E-state index in [2.05, 4.69) is 15.3 Å². The van der Waals surface area contributed by atoms with E-state index in [-0.39, 0.29) is 0 Å². The van der Waals surface area contributed by atoms with Crippen molar-refractivity contribution in [3.63, 3.8) is 0 Å². The quantitative estimate of drug-likeness (QED) is 0.481. The first-order chi connectivity index (χ1) is 13.3. The zero-order valence-corrected chi connectivity index (χ0v) is 17.8. The average Bonchev–Trinajstić information content (AvgIpc) is 3.30. The fraction of sp³-hybridized carbons (Fsp3) is 0.222. The molecule has 0 fully saturated rings. The van der Waals surface area contributed by atoms with Crippen LogP contribution >= 0.6 is 35.4 Å². The van der Waals surface area contributed by atoms with Gasteiger partial charge in [0.15, 0.2) is 10.6 Å². The number of hydrogen-bond donors (Lipinski definition) is 1. The molecule has 1 aromatic carbocycles. The standard InChI is InChI=1S/C18H17Cl2N7S/c1-10-16(27-17(22-23-18(27)28)13-7-21-25(3)9-13)11(2)26(24-10)8-12-4-5-14(19)15(20)6-12/h4-7,9H,8H2,1-3H3,(H,23,28). The van der Waals surface area contributed by atoms with Crippen molar-refractivity contribution in [2.45, 2.75) is 20.4 Å². The summed E-state index contributed by atoms with van der Waals surface area (Å²) >= 11 is 17.7. The van der Waals surface area contributed by atoms with Crippen LogP contribution in [0.15, 0.2) is 30.6 Å². The molecule has 0 radical (unpaired) electrons. The second kappa shape index (κ2) is 7.20. The van der Waals surface area contributed by atoms with Gasteiger partial charge in [-0.1, -0.05) is 29.3 Å². The minimum atomic E-state index is 0.499. The summed E-state index contributed by atoms with van der Waals surface area (Å²) in [5.74, 6) is 0.693. The van der Waals surface area contributed by atoms with E-state index in [1.54, 1.807) is 16.9 Å². The SMILES string of the molecule is Cc1nn(Cc2ccc(Cl)c(Cl)c2)c(C)c1-n1c(-c2cnn(C)c2)n[nH]c1=S. The molecule has 10 heteroatoms. The van der Waals surface area contributed by atoms with Gasteiger partial charge in [0, 0.05) is 13.2 Å². The van der Waals surface area contributed by atoms with E-state index in [1.165, 1.54) is 0 Å². The van der Waals surface area contributed by atoms with Crippen molar-refractivity contribution < 1.29 is 0 Å². The summed E-state index contributed by atoms with van der Waals surface area (Å²) in [7, 11) is 1.86. The first-order valence-electron chi connectivity index (χ1n) is 8.50. The van der Waals surface area contributed by atoms with E-state index in [1.807, 2.05) is 48.5 Å². The molecule has 3 aromatic heterocycles. The second-order valence-corrected chi connectivity index (χ2v) is 7.72. The third kappa shape index (κ3) is 3.28. The molecule has 4 aromatic rings. The fourth-order valence-electron chi connectivity index (χ4n) is 3.21. The summed E-state index contributed by atoms with van der Waals surface area (Å²) in [6.07, 6.45) is 3.65. The lowest BCUT2D eigenvalue weighted by molar-refractivity contribution is 0.658. The van der Waals surface area contributed by atoms with Gasteiger partial charge in [0.05, 0.1) is 45.4 Å². The Kier molecular flexibility index (Phi) is 4.86. The van der Waals surface area contributed by atoms with E-state index in [9.17, 15) is 0 Å². The van der Waals surface area contributed by atoms with E-state index in [4.69, 9.17) is 40.5 Å². The maximum atomic E-state index is 6.15. The maximum Gasteiger partial charge on any atom is 0.200 e. The van der Waals surface area contributed by atoms with Crippen LogP contribution in [-0.2, 0) is 13.6 Å². The molecule has 0 aliphatic heterocycles. The Bertz CT molecular complexity index is 1230. The smallest absolute Gasteiger partial charge is 0.200 e. The zero-order chi connectivity index (χ0) is 20.0. The molecule has 0 bridgehead atoms. The maximum absolute atomic E-state index is 6.15. The molecule has 1 N–H and O–H groups in total. The van der Waals surface area contributed by atoms with Crippen molar-refractivity contribution in [3.8, 4) is 17.1 Å². The monoisotopic (exact) mass is 433 g/mol. The van der Waals surface area contributed by atoms with Crippen LogP contribution in [-0.4, -0.2) is 34.3 Å². The summed E-state index contributed by atoms with van der Waals surface area (Å²) < 4.78 is 6.05. The van der Waals surface area contributed by atoms with Gasteiger partial charge in [0.1, 0.15) is 0 Å². The van der Waals surface area contributed by atoms with Crippen molar-refractivity contribution in [1.29, 1.82) is 0 Å². The second-order valence-electron chi connectivity index (χ2n) is 6.52. The van der Waals surface area contributed by atoms with Crippen LogP contribution in [0.25, 0.3) is 17.1 Å². The highest BCUT2D eigenvalue weighted by Crippen LogP contribution is 2.27. The number of rotatable bonds is 4. The molecule has 144 valence electrons. The summed E-state index contributed by atoms with van der Waals surface area (Å²) in [5.41, 5.74) is 4.59. The Hall–Kier alpha value is -2.42. The van der Waals surface area contributed by atoms with Crippen molar-refractivity contribution in [2.75, 3.05) is 0 Å². The Labute approximate surface area is 176 Å². The first-order valence-corrected chi connectivity index (χ1v) is 9.66. The summed E-state index contributed by atoms with van der Waals surface area (Å²) in [4.78, 5) is 0. The van der Waals surface area contributed by atoms with Gasteiger partial charge in [0.2, 0.25) is 0 Å². The van der Waals surface area contributed by atoms with Crippen LogP contribution in [0.3, 0.4) is 0 Å². The van der Waals surface area contributed by atoms with Crippen molar-refractivity contribution in [1.82, 2.24) is 34.3 Å². The molecule has 0 saturated carbocycles. The number of aryl methyl sites for hydroxylation is 2. The number of aromatic amines is 1. The van der Waals surface area contributed by atoms with Gasteiger partial charge >= 0.3 is 0 Å². The summed E-state index contributed by atoms with van der Waals surface area (Å²) in [6.45, 7) is 4.53. The molecular formula is C18H17Cl2N7S. The van der Waals surface area contributed by atoms with E-state index >= 15 is 0 Å². The van der Waals surface area contributed by atoms with Crippen molar-refractivity contribution in [2.24, 2.45) is 7.05 Å². The number of nitrogens with zero attached hydrogens (tertiary/aromatic N) is 6. The third-order valence-corrected chi connectivity index (χ3v) is 5.53. The fourth-order valence-corrected chi connectivity index (χ4v) is 3.75. The number of hydrogen-bond acceptors (Lipinski definition) is 4. The normalized spacial score (nSPS) is 11.3. The Morgan fingerprint density at radius 2 is 1.96 bits per heavy atom. The van der Waals surface area contributed by atoms with Crippen LogP contribution in [0.5, 0.6) is 0 Å². The van der Waals surface area contributed by atoms with Gasteiger partial charge in [-0.05, 0) is 43.8 Å². The highest BCUT2D eigenvalue weighted by atomic mass is 35.5. The van der Waals surface area contributed by atoms with Crippen LogP contribution < -0.4 is 0 Å². The van der Waals surface area contributed by atoms with Gasteiger partial charge in [-0.15, -0.1) is 0 Å². The number of benzene rings is 1. The summed E-state index contributed by atoms with van der Waals surface area (Å²) in [6, 6.07) is 5.58. The molecule has 0 aliphatic rings. The third-order valence-electron chi connectivity index (χ3n) is 4.52. The molecule has 28 heavy (non-hydrogen) atoms. The van der Waals surface area contributed by atoms with Gasteiger partial charge < -0.3 is 0 Å². The number of H-pyrrole nitrogens is 1. The van der Waals surface area contributed by atoms with E-state index < -0.39 is 0 Å². The van der Waals surface area contributed by atoms with Crippen molar-refractivity contribution >= 4 is 35.4 Å². The molecule has 0 aliphatic carbocycles. The lowest BCUT2D eigenvalue weighted by Crippen LogP contribution is -2.05. The summed E-state index contributed by atoms with van der Waals surface area (Å²) in [5, 5.41) is 17.3. The van der Waals surface area contributed by atoms with Gasteiger partial charge in [-0.3, -0.25) is 19.0 Å². The zero-order valence-electron chi connectivity index (χ0n) is 15.4. The Morgan fingerprint density at radius 1 is 1.18 bits per heavy atom.